The van der Waals surface area contributed by atoms with Gasteiger partial charge in [0.15, 0.2) is 0 Å². The van der Waals surface area contributed by atoms with Crippen molar-refractivity contribution in [2.24, 2.45) is 0 Å². The second-order valence-corrected chi connectivity index (χ2v) is 5.93. The molecule has 25 heavy (non-hydrogen) atoms. The van der Waals surface area contributed by atoms with Crippen LogP contribution in [-0.2, 0) is 6.54 Å². The topological polar surface area (TPSA) is 84.0 Å². The zero-order chi connectivity index (χ0) is 17.6. The molecule has 3 aromatic rings. The van der Waals surface area contributed by atoms with Crippen LogP contribution in [0.4, 0.5) is 10.1 Å². The molecular weight excluding hydrogens is 343 g/mol. The molecule has 0 fully saturated rings. The number of nitrogens with one attached hydrogen (secondary N) is 2. The van der Waals surface area contributed by atoms with Crippen molar-refractivity contribution in [3.05, 3.63) is 76.3 Å². The van der Waals surface area contributed by atoms with E-state index in [-0.39, 0.29) is 24.0 Å². The van der Waals surface area contributed by atoms with E-state index in [9.17, 15) is 14.0 Å². The van der Waals surface area contributed by atoms with E-state index in [0.29, 0.717) is 10.6 Å². The van der Waals surface area contributed by atoms with Crippen LogP contribution in [0, 0.1) is 5.82 Å². The zero-order valence-electron chi connectivity index (χ0n) is 12.9. The molecule has 0 atom stereocenters. The minimum Gasteiger partial charge on any atom is -0.347 e. The zero-order valence-corrected chi connectivity index (χ0v) is 13.7. The van der Waals surface area contributed by atoms with Gasteiger partial charge in [-0.25, -0.2) is 9.37 Å². The second-order valence-electron chi connectivity index (χ2n) is 5.02. The van der Waals surface area contributed by atoms with E-state index < -0.39 is 5.91 Å². The highest BCUT2D eigenvalue weighted by molar-refractivity contribution is 7.12. The van der Waals surface area contributed by atoms with E-state index in [4.69, 9.17) is 0 Å². The van der Waals surface area contributed by atoms with E-state index in [1.54, 1.807) is 23.6 Å². The Labute approximate surface area is 146 Å². The Morgan fingerprint density at radius 1 is 1.08 bits per heavy atom. The molecule has 0 bridgehead atoms. The maximum atomic E-state index is 12.9. The largest absolute Gasteiger partial charge is 0.347 e. The summed E-state index contributed by atoms with van der Waals surface area (Å²) < 4.78 is 12.9. The van der Waals surface area contributed by atoms with Gasteiger partial charge in [0, 0.05) is 18.9 Å². The Morgan fingerprint density at radius 3 is 2.60 bits per heavy atom. The number of nitrogens with zero attached hydrogens (tertiary/aromatic N) is 2. The molecule has 2 amide bonds. The van der Waals surface area contributed by atoms with Gasteiger partial charge in [0.1, 0.15) is 16.4 Å². The molecule has 0 saturated heterocycles. The number of aromatic nitrogens is 2. The Hall–Kier alpha value is -3.13. The summed E-state index contributed by atoms with van der Waals surface area (Å²) in [5.74, 6) is -1.10. The minimum absolute atomic E-state index is 0.159. The van der Waals surface area contributed by atoms with Crippen molar-refractivity contribution in [3.63, 3.8) is 0 Å². The second kappa shape index (κ2) is 7.63. The van der Waals surface area contributed by atoms with Crippen LogP contribution in [0.3, 0.4) is 0 Å². The molecule has 126 valence electrons. The first-order chi connectivity index (χ1) is 12.1. The van der Waals surface area contributed by atoms with Crippen molar-refractivity contribution in [2.45, 2.75) is 6.54 Å². The molecule has 0 aliphatic heterocycles. The van der Waals surface area contributed by atoms with Crippen LogP contribution in [-0.4, -0.2) is 21.8 Å². The van der Waals surface area contributed by atoms with Crippen LogP contribution < -0.4 is 10.6 Å². The van der Waals surface area contributed by atoms with Gasteiger partial charge in [0.25, 0.3) is 11.8 Å². The molecule has 6 nitrogen and oxygen atoms in total. The summed E-state index contributed by atoms with van der Waals surface area (Å²) in [6.07, 6.45) is 4.23. The summed E-state index contributed by atoms with van der Waals surface area (Å²) in [6.45, 7) is 0.258. The number of halogens is 1. The standard InChI is InChI=1S/C17H13FN4O2S/c18-12-3-1-11(2-4-12)9-21-17(24)15-13(5-8-25-15)22-16(23)14-10-19-6-7-20-14/h1-8,10H,9H2,(H,21,24)(H,22,23). The van der Waals surface area contributed by atoms with Gasteiger partial charge < -0.3 is 10.6 Å². The molecule has 2 N–H and O–H groups in total. The molecule has 2 heterocycles. The summed E-state index contributed by atoms with van der Waals surface area (Å²) in [6, 6.07) is 7.51. The quantitative estimate of drug-likeness (QED) is 0.736. The first kappa shape index (κ1) is 16.7. The molecule has 2 aromatic heterocycles. The smallest absolute Gasteiger partial charge is 0.275 e. The van der Waals surface area contributed by atoms with Gasteiger partial charge in [-0.15, -0.1) is 11.3 Å². The first-order valence-corrected chi connectivity index (χ1v) is 8.19. The number of thiophene rings is 1. The fraction of sp³-hybridized carbons (Fsp3) is 0.0588. The molecular formula is C17H13FN4O2S. The van der Waals surface area contributed by atoms with Crippen molar-refractivity contribution >= 4 is 28.8 Å². The molecule has 8 heteroatoms. The molecule has 0 aliphatic carbocycles. The third kappa shape index (κ3) is 4.24. The van der Waals surface area contributed by atoms with Crippen molar-refractivity contribution in [1.82, 2.24) is 15.3 Å². The predicted octanol–water partition coefficient (Wildman–Crippen LogP) is 2.86. The number of carbonyl (C=O) groups excluding carboxylic acids is 2. The van der Waals surface area contributed by atoms with Gasteiger partial charge in [-0.2, -0.15) is 0 Å². The maximum absolute atomic E-state index is 12.9. The Balaban J connectivity index is 1.65. The highest BCUT2D eigenvalue weighted by Crippen LogP contribution is 2.22. The van der Waals surface area contributed by atoms with Crippen LogP contribution in [0.5, 0.6) is 0 Å². The van der Waals surface area contributed by atoms with Gasteiger partial charge in [0.05, 0.1) is 11.9 Å². The van der Waals surface area contributed by atoms with E-state index in [2.05, 4.69) is 20.6 Å². The van der Waals surface area contributed by atoms with Crippen LogP contribution in [0.1, 0.15) is 25.7 Å². The number of hydrogen-bond donors (Lipinski definition) is 2. The molecule has 0 unspecified atom stereocenters. The van der Waals surface area contributed by atoms with Crippen LogP contribution >= 0.6 is 11.3 Å². The molecule has 0 radical (unpaired) electrons. The number of carbonyl (C=O) groups is 2. The highest BCUT2D eigenvalue weighted by Gasteiger charge is 2.16. The van der Waals surface area contributed by atoms with Crippen molar-refractivity contribution in [2.75, 3.05) is 5.32 Å². The van der Waals surface area contributed by atoms with Crippen LogP contribution in [0.15, 0.2) is 54.3 Å². The summed E-state index contributed by atoms with van der Waals surface area (Å²) in [5.41, 5.74) is 1.33. The van der Waals surface area contributed by atoms with Gasteiger partial charge in [-0.3, -0.25) is 14.6 Å². The van der Waals surface area contributed by atoms with Gasteiger partial charge in [0.2, 0.25) is 0 Å². The SMILES string of the molecule is O=C(Nc1ccsc1C(=O)NCc1ccc(F)cc1)c1cnccn1. The van der Waals surface area contributed by atoms with E-state index in [1.807, 2.05) is 0 Å². The van der Waals surface area contributed by atoms with Crippen LogP contribution in [0.2, 0.25) is 0 Å². The average molecular weight is 356 g/mol. The maximum Gasteiger partial charge on any atom is 0.275 e. The summed E-state index contributed by atoms with van der Waals surface area (Å²) in [5, 5.41) is 7.10. The molecule has 3 rings (SSSR count). The summed E-state index contributed by atoms with van der Waals surface area (Å²) in [4.78, 5) is 32.6. The summed E-state index contributed by atoms with van der Waals surface area (Å²) in [7, 11) is 0. The normalized spacial score (nSPS) is 10.3. The lowest BCUT2D eigenvalue weighted by Crippen LogP contribution is -2.23. The predicted molar refractivity (Wildman–Crippen MR) is 91.9 cm³/mol. The average Bonchev–Trinajstić information content (AvgIpc) is 3.10. The molecule has 0 aliphatic rings. The number of benzene rings is 1. The summed E-state index contributed by atoms with van der Waals surface area (Å²) >= 11 is 1.21. The molecule has 0 saturated carbocycles. The molecule has 1 aromatic carbocycles. The Bertz CT molecular complexity index is 881. The van der Waals surface area contributed by atoms with Gasteiger partial charge in [-0.1, -0.05) is 12.1 Å². The van der Waals surface area contributed by atoms with Gasteiger partial charge in [-0.05, 0) is 29.1 Å². The monoisotopic (exact) mass is 356 g/mol. The van der Waals surface area contributed by atoms with Gasteiger partial charge >= 0.3 is 0 Å². The third-order valence-corrected chi connectivity index (χ3v) is 4.19. The number of hydrogen-bond acceptors (Lipinski definition) is 5. The van der Waals surface area contributed by atoms with Crippen molar-refractivity contribution in [1.29, 1.82) is 0 Å². The molecule has 0 spiro atoms. The van der Waals surface area contributed by atoms with E-state index in [0.717, 1.165) is 5.56 Å². The lowest BCUT2D eigenvalue weighted by Gasteiger charge is -2.07. The fourth-order valence-electron chi connectivity index (χ4n) is 2.05. The van der Waals surface area contributed by atoms with Crippen molar-refractivity contribution < 1.29 is 14.0 Å². The number of rotatable bonds is 5. The minimum atomic E-state index is -0.445. The number of anilines is 1. The highest BCUT2D eigenvalue weighted by atomic mass is 32.1. The van der Waals surface area contributed by atoms with Crippen LogP contribution in [0.25, 0.3) is 0 Å². The van der Waals surface area contributed by atoms with Crippen molar-refractivity contribution in [3.8, 4) is 0 Å². The first-order valence-electron chi connectivity index (χ1n) is 7.31. The number of amides is 2. The Morgan fingerprint density at radius 2 is 1.88 bits per heavy atom. The lowest BCUT2D eigenvalue weighted by molar-refractivity contribution is 0.0956. The fourth-order valence-corrected chi connectivity index (χ4v) is 2.82. The third-order valence-electron chi connectivity index (χ3n) is 3.28. The lowest BCUT2D eigenvalue weighted by atomic mass is 10.2. The Kier molecular flexibility index (Phi) is 5.10. The van der Waals surface area contributed by atoms with E-state index in [1.165, 1.54) is 42.1 Å². The van der Waals surface area contributed by atoms with E-state index >= 15 is 0 Å².